The number of thioether (sulfide) groups is 1. The molecule has 1 N–H and O–H groups in total. The predicted octanol–water partition coefficient (Wildman–Crippen LogP) is 4.23. The minimum Gasteiger partial charge on any atom is -0.301 e. The molecule has 3 rings (SSSR count). The van der Waals surface area contributed by atoms with Crippen molar-refractivity contribution in [3.05, 3.63) is 35.4 Å². The van der Waals surface area contributed by atoms with E-state index in [1.165, 1.54) is 16.2 Å². The van der Waals surface area contributed by atoms with Crippen LogP contribution in [0.4, 0.5) is 5.13 Å². The molecule has 1 aromatic heterocycles. The summed E-state index contributed by atoms with van der Waals surface area (Å²) in [4.78, 5) is 37.9. The summed E-state index contributed by atoms with van der Waals surface area (Å²) in [5, 5.41) is 11.4. The van der Waals surface area contributed by atoms with Gasteiger partial charge in [-0.15, -0.1) is 10.2 Å². The number of benzene rings is 1. The number of aromatic nitrogens is 2. The maximum atomic E-state index is 12.3. The average Bonchev–Trinajstić information content (AvgIpc) is 3.26. The van der Waals surface area contributed by atoms with Crippen molar-refractivity contribution < 1.29 is 14.4 Å². The standard InChI is InChI=1S/C20H24N4O3S2/c1-2-3-13-28-20-23-22-19(29-20)21-16(25)11-5-4-8-12-24-17(26)14-9-6-7-10-15(14)18(24)27/h6-7,9-10H,2-5,8,11-13H2,1H3,(H,21,22,25). The van der Waals surface area contributed by atoms with E-state index < -0.39 is 0 Å². The number of hydrogen-bond acceptors (Lipinski definition) is 7. The first kappa shape index (κ1) is 21.4. The van der Waals surface area contributed by atoms with E-state index in [1.54, 1.807) is 36.0 Å². The summed E-state index contributed by atoms with van der Waals surface area (Å²) in [6.07, 6.45) is 4.77. The Hall–Kier alpha value is -2.26. The van der Waals surface area contributed by atoms with Gasteiger partial charge in [0.1, 0.15) is 0 Å². The minimum absolute atomic E-state index is 0.0908. The van der Waals surface area contributed by atoms with Gasteiger partial charge in [0, 0.05) is 18.7 Å². The largest absolute Gasteiger partial charge is 0.301 e. The van der Waals surface area contributed by atoms with Crippen molar-refractivity contribution in [2.75, 3.05) is 17.6 Å². The third-order valence-electron chi connectivity index (χ3n) is 4.54. The molecule has 29 heavy (non-hydrogen) atoms. The van der Waals surface area contributed by atoms with Crippen molar-refractivity contribution in [3.8, 4) is 0 Å². The molecular formula is C20H24N4O3S2. The molecule has 7 nitrogen and oxygen atoms in total. The summed E-state index contributed by atoms with van der Waals surface area (Å²) in [7, 11) is 0. The van der Waals surface area contributed by atoms with Gasteiger partial charge in [0.05, 0.1) is 11.1 Å². The third kappa shape index (κ3) is 5.63. The van der Waals surface area contributed by atoms with Crippen LogP contribution in [0.1, 0.15) is 66.2 Å². The second-order valence-electron chi connectivity index (χ2n) is 6.74. The monoisotopic (exact) mass is 432 g/mol. The Morgan fingerprint density at radius 2 is 1.79 bits per heavy atom. The normalized spacial score (nSPS) is 13.1. The van der Waals surface area contributed by atoms with E-state index in [-0.39, 0.29) is 17.7 Å². The van der Waals surface area contributed by atoms with Gasteiger partial charge in [-0.25, -0.2) is 0 Å². The maximum Gasteiger partial charge on any atom is 0.261 e. The fraction of sp³-hybridized carbons (Fsp3) is 0.450. The fourth-order valence-corrected chi connectivity index (χ4v) is 4.90. The predicted molar refractivity (Wildman–Crippen MR) is 114 cm³/mol. The molecule has 154 valence electrons. The summed E-state index contributed by atoms with van der Waals surface area (Å²) in [5.74, 6) is 0.457. The van der Waals surface area contributed by atoms with Crippen LogP contribution >= 0.6 is 23.1 Å². The van der Waals surface area contributed by atoms with E-state index in [0.29, 0.717) is 42.1 Å². The smallest absolute Gasteiger partial charge is 0.261 e. The van der Waals surface area contributed by atoms with E-state index >= 15 is 0 Å². The van der Waals surface area contributed by atoms with Crippen molar-refractivity contribution in [1.29, 1.82) is 0 Å². The van der Waals surface area contributed by atoms with E-state index in [0.717, 1.165) is 29.4 Å². The molecule has 1 aliphatic rings. The second-order valence-corrected chi connectivity index (χ2v) is 9.06. The zero-order valence-electron chi connectivity index (χ0n) is 16.3. The van der Waals surface area contributed by atoms with E-state index in [9.17, 15) is 14.4 Å². The van der Waals surface area contributed by atoms with Crippen molar-refractivity contribution >= 4 is 46.0 Å². The van der Waals surface area contributed by atoms with E-state index in [4.69, 9.17) is 0 Å². The van der Waals surface area contributed by atoms with Crippen LogP contribution in [0.2, 0.25) is 0 Å². The molecule has 0 saturated carbocycles. The SMILES string of the molecule is CCCCSc1nnc(NC(=O)CCCCCN2C(=O)c3ccccc3C2=O)s1. The van der Waals surface area contributed by atoms with Gasteiger partial charge in [-0.3, -0.25) is 19.3 Å². The van der Waals surface area contributed by atoms with Gasteiger partial charge in [-0.1, -0.05) is 55.0 Å². The van der Waals surface area contributed by atoms with Crippen molar-refractivity contribution in [2.45, 2.75) is 49.8 Å². The molecule has 0 bridgehead atoms. The quantitative estimate of drug-likeness (QED) is 0.247. The van der Waals surface area contributed by atoms with Gasteiger partial charge in [-0.2, -0.15) is 0 Å². The Labute approximate surface area is 178 Å². The molecular weight excluding hydrogens is 408 g/mol. The highest BCUT2D eigenvalue weighted by Gasteiger charge is 2.34. The van der Waals surface area contributed by atoms with Crippen LogP contribution in [-0.2, 0) is 4.79 Å². The summed E-state index contributed by atoms with van der Waals surface area (Å²) in [6, 6.07) is 6.89. The number of carbonyl (C=O) groups excluding carboxylic acids is 3. The highest BCUT2D eigenvalue weighted by molar-refractivity contribution is 8.01. The van der Waals surface area contributed by atoms with Crippen LogP contribution in [0.15, 0.2) is 28.6 Å². The maximum absolute atomic E-state index is 12.3. The number of fused-ring (bicyclic) bond motifs is 1. The molecule has 9 heteroatoms. The van der Waals surface area contributed by atoms with Gasteiger partial charge in [0.2, 0.25) is 11.0 Å². The highest BCUT2D eigenvalue weighted by atomic mass is 32.2. The van der Waals surface area contributed by atoms with E-state index in [1.807, 2.05) is 0 Å². The molecule has 0 unspecified atom stereocenters. The van der Waals surface area contributed by atoms with Crippen molar-refractivity contribution in [1.82, 2.24) is 15.1 Å². The molecule has 0 atom stereocenters. The zero-order chi connectivity index (χ0) is 20.6. The van der Waals surface area contributed by atoms with Crippen LogP contribution in [0.5, 0.6) is 0 Å². The molecule has 1 aliphatic heterocycles. The highest BCUT2D eigenvalue weighted by Crippen LogP contribution is 2.26. The Morgan fingerprint density at radius 3 is 2.48 bits per heavy atom. The fourth-order valence-electron chi connectivity index (χ4n) is 2.98. The number of amides is 3. The van der Waals surface area contributed by atoms with Gasteiger partial charge in [-0.05, 0) is 31.4 Å². The lowest BCUT2D eigenvalue weighted by atomic mass is 10.1. The average molecular weight is 433 g/mol. The molecule has 0 radical (unpaired) electrons. The summed E-state index contributed by atoms with van der Waals surface area (Å²) in [6.45, 7) is 2.52. The number of nitrogens with one attached hydrogen (secondary N) is 1. The van der Waals surface area contributed by atoms with Crippen LogP contribution in [0.3, 0.4) is 0 Å². The Bertz CT molecular complexity index is 849. The van der Waals surface area contributed by atoms with Gasteiger partial charge in [0.15, 0.2) is 4.34 Å². The Kier molecular flexibility index (Phi) is 7.76. The molecule has 2 aromatic rings. The number of anilines is 1. The van der Waals surface area contributed by atoms with Gasteiger partial charge >= 0.3 is 0 Å². The number of carbonyl (C=O) groups is 3. The molecule has 0 fully saturated rings. The van der Waals surface area contributed by atoms with E-state index in [2.05, 4.69) is 22.4 Å². The lowest BCUT2D eigenvalue weighted by molar-refractivity contribution is -0.116. The number of rotatable bonds is 11. The van der Waals surface area contributed by atoms with Gasteiger partial charge in [0.25, 0.3) is 11.8 Å². The molecule has 1 aromatic carbocycles. The number of hydrogen-bond donors (Lipinski definition) is 1. The number of nitrogens with zero attached hydrogens (tertiary/aromatic N) is 3. The van der Waals surface area contributed by atoms with Crippen LogP contribution < -0.4 is 5.32 Å². The minimum atomic E-state index is -0.229. The van der Waals surface area contributed by atoms with Crippen LogP contribution in [0, 0.1) is 0 Å². The molecule has 3 amide bonds. The Morgan fingerprint density at radius 1 is 1.07 bits per heavy atom. The third-order valence-corrected chi connectivity index (χ3v) is 6.60. The topological polar surface area (TPSA) is 92.3 Å². The van der Waals surface area contributed by atoms with Crippen LogP contribution in [-0.4, -0.2) is 45.1 Å². The molecule has 2 heterocycles. The molecule has 0 saturated heterocycles. The molecule has 0 spiro atoms. The second kappa shape index (κ2) is 10.5. The summed E-state index contributed by atoms with van der Waals surface area (Å²) >= 11 is 3.05. The zero-order valence-corrected chi connectivity index (χ0v) is 18.0. The Balaban J connectivity index is 1.33. The van der Waals surface area contributed by atoms with Crippen LogP contribution in [0.25, 0.3) is 0 Å². The van der Waals surface area contributed by atoms with Gasteiger partial charge < -0.3 is 5.32 Å². The summed E-state index contributed by atoms with van der Waals surface area (Å²) in [5.41, 5.74) is 0.947. The van der Waals surface area contributed by atoms with Crippen molar-refractivity contribution in [3.63, 3.8) is 0 Å². The first-order valence-corrected chi connectivity index (χ1v) is 11.6. The lowest BCUT2D eigenvalue weighted by Gasteiger charge is -2.13. The molecule has 0 aliphatic carbocycles. The number of unbranched alkanes of at least 4 members (excludes halogenated alkanes) is 3. The first-order chi connectivity index (χ1) is 14.1. The summed E-state index contributed by atoms with van der Waals surface area (Å²) < 4.78 is 0.870. The first-order valence-electron chi connectivity index (χ1n) is 9.81. The number of imide groups is 1. The van der Waals surface area contributed by atoms with Crippen molar-refractivity contribution in [2.24, 2.45) is 0 Å². The lowest BCUT2D eigenvalue weighted by Crippen LogP contribution is -2.30.